The van der Waals surface area contributed by atoms with E-state index in [1.165, 1.54) is 0 Å². The molecule has 0 radical (unpaired) electrons. The number of hydrogen-bond donors (Lipinski definition) is 0. The van der Waals surface area contributed by atoms with Gasteiger partial charge in [0.25, 0.3) is 5.89 Å². The van der Waals surface area contributed by atoms with Crippen LogP contribution in [0.4, 0.5) is 0 Å². The zero-order valence-electron chi connectivity index (χ0n) is 14.7. The summed E-state index contributed by atoms with van der Waals surface area (Å²) in [4.78, 5) is 12.6. The van der Waals surface area contributed by atoms with Gasteiger partial charge in [0, 0.05) is 17.3 Å². The minimum Gasteiger partial charge on any atom is -0.484 e. The summed E-state index contributed by atoms with van der Waals surface area (Å²) in [5, 5.41) is 3.97. The number of rotatable bonds is 5. The van der Waals surface area contributed by atoms with Crippen LogP contribution in [0.5, 0.6) is 17.5 Å². The number of aryl methyl sites for hydroxylation is 1. The van der Waals surface area contributed by atoms with E-state index in [1.54, 1.807) is 30.5 Å². The highest BCUT2D eigenvalue weighted by molar-refractivity contribution is 5.32. The third-order valence-corrected chi connectivity index (χ3v) is 3.31. The van der Waals surface area contributed by atoms with Crippen LogP contribution in [0.3, 0.4) is 0 Å². The summed E-state index contributed by atoms with van der Waals surface area (Å²) in [6.07, 6.45) is 1.66. The van der Waals surface area contributed by atoms with E-state index in [9.17, 15) is 0 Å². The van der Waals surface area contributed by atoms with E-state index >= 15 is 0 Å². The second-order valence-electron chi connectivity index (χ2n) is 6.60. The van der Waals surface area contributed by atoms with E-state index in [0.717, 1.165) is 5.69 Å². The van der Waals surface area contributed by atoms with Crippen molar-refractivity contribution >= 4 is 0 Å². The molecule has 2 aromatic heterocycles. The number of aromatic nitrogens is 4. The zero-order chi connectivity index (χ0) is 17.9. The van der Waals surface area contributed by atoms with Crippen molar-refractivity contribution in [2.75, 3.05) is 0 Å². The van der Waals surface area contributed by atoms with Gasteiger partial charge in [-0.05, 0) is 37.3 Å². The van der Waals surface area contributed by atoms with Gasteiger partial charge in [-0.2, -0.15) is 4.98 Å². The highest BCUT2D eigenvalue weighted by Crippen LogP contribution is 2.23. The van der Waals surface area contributed by atoms with Crippen molar-refractivity contribution in [2.24, 2.45) is 0 Å². The van der Waals surface area contributed by atoms with Crippen molar-refractivity contribution in [1.82, 2.24) is 20.1 Å². The summed E-state index contributed by atoms with van der Waals surface area (Å²) >= 11 is 0. The second kappa shape index (κ2) is 6.88. The molecular formula is C18H20N4O3. The van der Waals surface area contributed by atoms with Crippen LogP contribution in [0.15, 0.2) is 41.1 Å². The van der Waals surface area contributed by atoms with Crippen LogP contribution in [-0.2, 0) is 12.0 Å². The van der Waals surface area contributed by atoms with Crippen molar-refractivity contribution in [1.29, 1.82) is 0 Å². The lowest BCUT2D eigenvalue weighted by atomic mass is 9.96. The fourth-order valence-electron chi connectivity index (χ4n) is 1.95. The molecule has 0 spiro atoms. The minimum atomic E-state index is -0.154. The lowest BCUT2D eigenvalue weighted by molar-refractivity contribution is 0.241. The molecule has 0 aliphatic heterocycles. The Bertz CT molecular complexity index is 838. The molecule has 0 aliphatic rings. The molecule has 3 aromatic rings. The molecule has 0 atom stereocenters. The molecule has 0 fully saturated rings. The maximum Gasteiger partial charge on any atom is 0.322 e. The summed E-state index contributed by atoms with van der Waals surface area (Å²) in [5.41, 5.74) is 0.692. The van der Waals surface area contributed by atoms with E-state index in [0.29, 0.717) is 29.2 Å². The first-order valence-corrected chi connectivity index (χ1v) is 7.93. The van der Waals surface area contributed by atoms with Crippen LogP contribution in [0, 0.1) is 6.92 Å². The molecule has 2 heterocycles. The van der Waals surface area contributed by atoms with E-state index < -0.39 is 0 Å². The largest absolute Gasteiger partial charge is 0.484 e. The average molecular weight is 340 g/mol. The Labute approximate surface area is 146 Å². The SMILES string of the molecule is Cc1ccnc(Oc2ccc(OCc3nc(C(C)(C)C)no3)cc2)n1. The third kappa shape index (κ3) is 4.53. The lowest BCUT2D eigenvalue weighted by Crippen LogP contribution is -2.13. The number of ether oxygens (including phenoxy) is 2. The molecule has 0 bridgehead atoms. The van der Waals surface area contributed by atoms with E-state index in [2.05, 4.69) is 20.1 Å². The molecule has 7 nitrogen and oxygen atoms in total. The second-order valence-corrected chi connectivity index (χ2v) is 6.60. The van der Waals surface area contributed by atoms with Gasteiger partial charge in [0.1, 0.15) is 11.5 Å². The van der Waals surface area contributed by atoms with Gasteiger partial charge in [-0.15, -0.1) is 0 Å². The highest BCUT2D eigenvalue weighted by Gasteiger charge is 2.21. The first-order valence-electron chi connectivity index (χ1n) is 7.93. The van der Waals surface area contributed by atoms with E-state index in [1.807, 2.05) is 33.8 Å². The van der Waals surface area contributed by atoms with Gasteiger partial charge in [0.2, 0.25) is 0 Å². The molecule has 0 amide bonds. The van der Waals surface area contributed by atoms with Crippen molar-refractivity contribution in [3.63, 3.8) is 0 Å². The topological polar surface area (TPSA) is 83.2 Å². The molecule has 0 saturated heterocycles. The van der Waals surface area contributed by atoms with E-state index in [4.69, 9.17) is 14.0 Å². The molecule has 1 aromatic carbocycles. The minimum absolute atomic E-state index is 0.154. The van der Waals surface area contributed by atoms with Gasteiger partial charge in [-0.1, -0.05) is 25.9 Å². The summed E-state index contributed by atoms with van der Waals surface area (Å²) in [6, 6.07) is 9.30. The Morgan fingerprint density at radius 3 is 2.36 bits per heavy atom. The first kappa shape index (κ1) is 16.9. The summed E-state index contributed by atoms with van der Waals surface area (Å²) in [6.45, 7) is 8.18. The molecule has 0 saturated carbocycles. The standard InChI is InChI=1S/C18H20N4O3/c1-12-9-10-19-17(20-12)24-14-7-5-13(6-8-14)23-11-15-21-16(22-25-15)18(2,3)4/h5-10H,11H2,1-4H3. The van der Waals surface area contributed by atoms with Gasteiger partial charge < -0.3 is 14.0 Å². The summed E-state index contributed by atoms with van der Waals surface area (Å²) in [5.74, 6) is 2.41. The van der Waals surface area contributed by atoms with E-state index in [-0.39, 0.29) is 12.0 Å². The lowest BCUT2D eigenvalue weighted by Gasteiger charge is -2.10. The molecule has 3 rings (SSSR count). The van der Waals surface area contributed by atoms with Gasteiger partial charge in [0.15, 0.2) is 12.4 Å². The van der Waals surface area contributed by atoms with Crippen molar-refractivity contribution < 1.29 is 14.0 Å². The highest BCUT2D eigenvalue weighted by atomic mass is 16.5. The smallest absolute Gasteiger partial charge is 0.322 e. The molecular weight excluding hydrogens is 320 g/mol. The monoisotopic (exact) mass is 340 g/mol. The van der Waals surface area contributed by atoms with Crippen molar-refractivity contribution in [2.45, 2.75) is 39.7 Å². The van der Waals surface area contributed by atoms with Crippen LogP contribution in [0.2, 0.25) is 0 Å². The molecule has 0 unspecified atom stereocenters. The Hall–Kier alpha value is -2.96. The zero-order valence-corrected chi connectivity index (χ0v) is 14.7. The predicted molar refractivity (Wildman–Crippen MR) is 90.6 cm³/mol. The fourth-order valence-corrected chi connectivity index (χ4v) is 1.95. The van der Waals surface area contributed by atoms with Gasteiger partial charge in [-0.25, -0.2) is 9.97 Å². The maximum atomic E-state index is 5.66. The Morgan fingerprint density at radius 2 is 1.72 bits per heavy atom. The fraction of sp³-hybridized carbons (Fsp3) is 0.333. The number of benzene rings is 1. The quantitative estimate of drug-likeness (QED) is 0.698. The Kier molecular flexibility index (Phi) is 4.65. The van der Waals surface area contributed by atoms with Gasteiger partial charge in [-0.3, -0.25) is 0 Å². The molecule has 0 N–H and O–H groups in total. The Morgan fingerprint density at radius 1 is 1.00 bits per heavy atom. The van der Waals surface area contributed by atoms with Crippen molar-refractivity contribution in [3.05, 3.63) is 53.9 Å². The molecule has 7 heteroatoms. The molecule has 25 heavy (non-hydrogen) atoms. The van der Waals surface area contributed by atoms with Gasteiger partial charge >= 0.3 is 6.01 Å². The average Bonchev–Trinajstić information content (AvgIpc) is 3.04. The predicted octanol–water partition coefficient (Wildman–Crippen LogP) is 3.84. The number of nitrogens with zero attached hydrogens (tertiary/aromatic N) is 4. The normalized spacial score (nSPS) is 11.4. The van der Waals surface area contributed by atoms with Crippen LogP contribution in [-0.4, -0.2) is 20.1 Å². The van der Waals surface area contributed by atoms with Crippen LogP contribution < -0.4 is 9.47 Å². The van der Waals surface area contributed by atoms with Gasteiger partial charge in [0.05, 0.1) is 0 Å². The maximum absolute atomic E-state index is 5.66. The van der Waals surface area contributed by atoms with Crippen molar-refractivity contribution in [3.8, 4) is 17.5 Å². The van der Waals surface area contributed by atoms with Crippen LogP contribution in [0.1, 0.15) is 38.2 Å². The number of hydrogen-bond acceptors (Lipinski definition) is 7. The summed E-state index contributed by atoms with van der Waals surface area (Å²) < 4.78 is 16.5. The first-order chi connectivity index (χ1) is 11.9. The summed E-state index contributed by atoms with van der Waals surface area (Å²) in [7, 11) is 0. The molecule has 130 valence electrons. The van der Waals surface area contributed by atoms with Crippen LogP contribution in [0.25, 0.3) is 0 Å². The Balaban J connectivity index is 1.58. The third-order valence-electron chi connectivity index (χ3n) is 3.31. The van der Waals surface area contributed by atoms with Crippen LogP contribution >= 0.6 is 0 Å². The molecule has 0 aliphatic carbocycles.